The monoisotopic (exact) mass is 261 g/mol. The number of sulfonamides is 1. The van der Waals surface area contributed by atoms with Gasteiger partial charge in [-0.3, -0.25) is 0 Å². The van der Waals surface area contributed by atoms with Crippen molar-refractivity contribution in [1.82, 2.24) is 4.31 Å². The first-order chi connectivity index (χ1) is 8.06. The Morgan fingerprint density at radius 1 is 1.35 bits per heavy atom. The number of furan rings is 1. The van der Waals surface area contributed by atoms with Gasteiger partial charge >= 0.3 is 0 Å². The minimum absolute atomic E-state index is 0.0977. The van der Waals surface area contributed by atoms with Gasteiger partial charge in [0.25, 0.3) is 10.0 Å². The van der Waals surface area contributed by atoms with Gasteiger partial charge in [0.1, 0.15) is 12.4 Å². The van der Waals surface area contributed by atoms with E-state index in [1.165, 1.54) is 16.4 Å². The molecule has 0 spiro atoms. The number of aliphatic hydroxyl groups is 1. The summed E-state index contributed by atoms with van der Waals surface area (Å²) in [6.45, 7) is 4.42. The molecular formula is C11H19NO4S. The fourth-order valence-electron chi connectivity index (χ4n) is 1.49. The molecule has 0 amide bonds. The molecule has 6 heteroatoms. The van der Waals surface area contributed by atoms with E-state index in [2.05, 4.69) is 0 Å². The highest BCUT2D eigenvalue weighted by molar-refractivity contribution is 7.89. The number of nitrogens with zero attached hydrogens (tertiary/aromatic N) is 1. The smallest absolute Gasteiger partial charge is 0.276 e. The maximum Gasteiger partial charge on any atom is 0.276 e. The summed E-state index contributed by atoms with van der Waals surface area (Å²) in [5, 5.41) is 8.75. The van der Waals surface area contributed by atoms with Crippen molar-refractivity contribution in [3.05, 3.63) is 17.9 Å². The van der Waals surface area contributed by atoms with Crippen LogP contribution in [0, 0.1) is 0 Å². The van der Waals surface area contributed by atoms with Crippen LogP contribution in [-0.2, 0) is 16.6 Å². The highest BCUT2D eigenvalue weighted by Crippen LogP contribution is 2.19. The molecule has 1 aromatic rings. The molecule has 0 saturated heterocycles. The van der Waals surface area contributed by atoms with Gasteiger partial charge in [0.05, 0.1) is 0 Å². The van der Waals surface area contributed by atoms with Crippen molar-refractivity contribution in [2.24, 2.45) is 0 Å². The van der Waals surface area contributed by atoms with Crippen molar-refractivity contribution in [3.8, 4) is 0 Å². The average Bonchev–Trinajstić information content (AvgIpc) is 2.79. The van der Waals surface area contributed by atoms with E-state index < -0.39 is 10.0 Å². The van der Waals surface area contributed by atoms with Crippen LogP contribution in [0.5, 0.6) is 0 Å². The Bertz CT molecular complexity index is 438. The second-order valence-electron chi connectivity index (χ2n) is 3.73. The summed E-state index contributed by atoms with van der Waals surface area (Å²) in [6.07, 6.45) is 1.76. The second kappa shape index (κ2) is 6.18. The molecule has 1 aromatic heterocycles. The fraction of sp³-hybridized carbons (Fsp3) is 0.636. The van der Waals surface area contributed by atoms with Gasteiger partial charge in [0.2, 0.25) is 5.09 Å². The number of hydrogen-bond acceptors (Lipinski definition) is 4. The van der Waals surface area contributed by atoms with Crippen LogP contribution in [0.1, 0.15) is 32.4 Å². The molecule has 0 bridgehead atoms. The van der Waals surface area contributed by atoms with Gasteiger partial charge in [-0.1, -0.05) is 20.3 Å². The number of aliphatic hydroxyl groups excluding tert-OH is 1. The maximum atomic E-state index is 12.1. The SMILES string of the molecule is CCCCN(CC)S(=O)(=O)c1ccc(CO)o1. The molecule has 0 aromatic carbocycles. The van der Waals surface area contributed by atoms with Gasteiger partial charge in [-0.15, -0.1) is 0 Å². The highest BCUT2D eigenvalue weighted by Gasteiger charge is 2.25. The lowest BCUT2D eigenvalue weighted by Gasteiger charge is -2.18. The third-order valence-corrected chi connectivity index (χ3v) is 4.35. The van der Waals surface area contributed by atoms with Crippen LogP contribution in [0.3, 0.4) is 0 Å². The lowest BCUT2D eigenvalue weighted by molar-refractivity contribution is 0.235. The Labute approximate surface area is 102 Å². The van der Waals surface area contributed by atoms with Crippen LogP contribution in [0.15, 0.2) is 21.6 Å². The van der Waals surface area contributed by atoms with Gasteiger partial charge in [0.15, 0.2) is 0 Å². The van der Waals surface area contributed by atoms with Crippen molar-refractivity contribution < 1.29 is 17.9 Å². The lowest BCUT2D eigenvalue weighted by Crippen LogP contribution is -2.31. The van der Waals surface area contributed by atoms with Crippen LogP contribution in [0.2, 0.25) is 0 Å². The quantitative estimate of drug-likeness (QED) is 0.809. The number of hydrogen-bond donors (Lipinski definition) is 1. The molecule has 98 valence electrons. The molecule has 0 atom stereocenters. The summed E-state index contributed by atoms with van der Waals surface area (Å²) in [5.41, 5.74) is 0. The van der Waals surface area contributed by atoms with Crippen molar-refractivity contribution in [3.63, 3.8) is 0 Å². The van der Waals surface area contributed by atoms with E-state index in [1.54, 1.807) is 6.92 Å². The summed E-state index contributed by atoms with van der Waals surface area (Å²) in [5.74, 6) is 0.259. The van der Waals surface area contributed by atoms with Crippen molar-refractivity contribution in [1.29, 1.82) is 0 Å². The van der Waals surface area contributed by atoms with Gasteiger partial charge in [-0.2, -0.15) is 4.31 Å². The molecule has 0 unspecified atom stereocenters. The average molecular weight is 261 g/mol. The van der Waals surface area contributed by atoms with E-state index in [0.717, 1.165) is 12.8 Å². The number of rotatable bonds is 7. The zero-order valence-electron chi connectivity index (χ0n) is 10.2. The van der Waals surface area contributed by atoms with E-state index in [4.69, 9.17) is 9.52 Å². The predicted molar refractivity (Wildman–Crippen MR) is 64.0 cm³/mol. The summed E-state index contributed by atoms with van der Waals surface area (Å²) >= 11 is 0. The predicted octanol–water partition coefficient (Wildman–Crippen LogP) is 1.58. The minimum Gasteiger partial charge on any atom is -0.446 e. The fourth-order valence-corrected chi connectivity index (χ4v) is 2.91. The van der Waals surface area contributed by atoms with E-state index >= 15 is 0 Å². The third-order valence-electron chi connectivity index (χ3n) is 2.50. The third kappa shape index (κ3) is 3.31. The molecule has 0 aliphatic heterocycles. The zero-order chi connectivity index (χ0) is 12.9. The first-order valence-corrected chi connectivity index (χ1v) is 7.20. The van der Waals surface area contributed by atoms with Crippen LogP contribution in [0.25, 0.3) is 0 Å². The van der Waals surface area contributed by atoms with Crippen LogP contribution < -0.4 is 0 Å². The van der Waals surface area contributed by atoms with Gasteiger partial charge in [-0.05, 0) is 18.6 Å². The van der Waals surface area contributed by atoms with Crippen molar-refractivity contribution in [2.45, 2.75) is 38.4 Å². The molecule has 0 fully saturated rings. The molecule has 0 saturated carbocycles. The van der Waals surface area contributed by atoms with Gasteiger partial charge < -0.3 is 9.52 Å². The molecule has 5 nitrogen and oxygen atoms in total. The van der Waals surface area contributed by atoms with Crippen molar-refractivity contribution in [2.75, 3.05) is 13.1 Å². The summed E-state index contributed by atoms with van der Waals surface area (Å²) in [4.78, 5) is 0. The first kappa shape index (κ1) is 14.2. The molecule has 0 aliphatic carbocycles. The van der Waals surface area contributed by atoms with Crippen LogP contribution in [-0.4, -0.2) is 30.9 Å². The van der Waals surface area contributed by atoms with E-state index in [1.807, 2.05) is 6.92 Å². The lowest BCUT2D eigenvalue weighted by atomic mass is 10.3. The molecule has 1 rings (SSSR count). The topological polar surface area (TPSA) is 70.8 Å². The standard InChI is InChI=1S/C11H19NO4S/c1-3-5-8-12(4-2)17(14,15)11-7-6-10(9-13)16-11/h6-7,13H,3-5,8-9H2,1-2H3. The Kier molecular flexibility index (Phi) is 5.17. The highest BCUT2D eigenvalue weighted by atomic mass is 32.2. The van der Waals surface area contributed by atoms with E-state index in [0.29, 0.717) is 13.1 Å². The Hall–Kier alpha value is -0.850. The van der Waals surface area contributed by atoms with Crippen molar-refractivity contribution >= 4 is 10.0 Å². The second-order valence-corrected chi connectivity index (χ2v) is 5.60. The molecule has 1 N–H and O–H groups in total. The number of unbranched alkanes of at least 4 members (excludes halogenated alkanes) is 1. The molecule has 0 radical (unpaired) electrons. The maximum absolute atomic E-state index is 12.1. The summed E-state index contributed by atoms with van der Waals surface area (Å²) in [6, 6.07) is 2.86. The molecule has 17 heavy (non-hydrogen) atoms. The molecular weight excluding hydrogens is 242 g/mol. The zero-order valence-corrected chi connectivity index (χ0v) is 11.0. The van der Waals surface area contributed by atoms with E-state index in [9.17, 15) is 8.42 Å². The van der Waals surface area contributed by atoms with E-state index in [-0.39, 0.29) is 17.5 Å². The first-order valence-electron chi connectivity index (χ1n) is 5.76. The van der Waals surface area contributed by atoms with Gasteiger partial charge in [-0.25, -0.2) is 8.42 Å². The largest absolute Gasteiger partial charge is 0.446 e. The Morgan fingerprint density at radius 2 is 2.06 bits per heavy atom. The molecule has 1 heterocycles. The molecule has 0 aliphatic rings. The summed E-state index contributed by atoms with van der Waals surface area (Å²) < 4.78 is 30.8. The van der Waals surface area contributed by atoms with Gasteiger partial charge in [0, 0.05) is 13.1 Å². The Morgan fingerprint density at radius 3 is 2.53 bits per heavy atom. The normalized spacial score (nSPS) is 12.2. The van der Waals surface area contributed by atoms with Crippen LogP contribution in [0.4, 0.5) is 0 Å². The Balaban J connectivity index is 2.91. The van der Waals surface area contributed by atoms with Crippen LogP contribution >= 0.6 is 0 Å². The summed E-state index contributed by atoms with van der Waals surface area (Å²) in [7, 11) is -3.56. The minimum atomic E-state index is -3.56.